The van der Waals surface area contributed by atoms with Crippen molar-refractivity contribution in [2.24, 2.45) is 5.10 Å². The van der Waals surface area contributed by atoms with Gasteiger partial charge < -0.3 is 10.1 Å². The van der Waals surface area contributed by atoms with E-state index in [1.807, 2.05) is 0 Å². The number of hydrogen-bond acceptors (Lipinski definition) is 6. The third kappa shape index (κ3) is 4.64. The van der Waals surface area contributed by atoms with Gasteiger partial charge in [-0.25, -0.2) is 15.2 Å². The Hall–Kier alpha value is -2.19. The summed E-state index contributed by atoms with van der Waals surface area (Å²) in [5, 5.41) is 6.50. The van der Waals surface area contributed by atoms with Crippen LogP contribution in [0.15, 0.2) is 17.4 Å². The van der Waals surface area contributed by atoms with Crippen LogP contribution in [0, 0.1) is 0 Å². The van der Waals surface area contributed by atoms with Crippen LogP contribution in [0.1, 0.15) is 19.8 Å². The Morgan fingerprint density at radius 1 is 1.39 bits per heavy atom. The fourth-order valence-electron chi connectivity index (χ4n) is 1.63. The molecule has 10 heteroatoms. The SMILES string of the molecule is C[C@H](OC(=O)C1=NNC(=O)CC1)C(=O)Nc1ncc(Cl)cc1Cl. The highest BCUT2D eigenvalue weighted by Gasteiger charge is 2.24. The van der Waals surface area contributed by atoms with Crippen molar-refractivity contribution in [1.82, 2.24) is 10.4 Å². The molecule has 0 aliphatic carbocycles. The van der Waals surface area contributed by atoms with Crippen LogP contribution in [0.3, 0.4) is 0 Å². The second kappa shape index (κ2) is 7.38. The van der Waals surface area contributed by atoms with E-state index < -0.39 is 18.0 Å². The summed E-state index contributed by atoms with van der Waals surface area (Å²) in [6.07, 6.45) is 0.512. The van der Waals surface area contributed by atoms with Crippen LogP contribution in [0.4, 0.5) is 5.82 Å². The zero-order chi connectivity index (χ0) is 17.0. The lowest BCUT2D eigenvalue weighted by Crippen LogP contribution is -2.35. The van der Waals surface area contributed by atoms with Gasteiger partial charge in [0, 0.05) is 19.0 Å². The number of nitrogens with zero attached hydrogens (tertiary/aromatic N) is 2. The zero-order valence-electron chi connectivity index (χ0n) is 11.9. The molecule has 0 saturated carbocycles. The third-order valence-electron chi connectivity index (χ3n) is 2.84. The topological polar surface area (TPSA) is 110 Å². The molecule has 1 aromatic heterocycles. The number of carbonyl (C=O) groups excluding carboxylic acids is 3. The zero-order valence-corrected chi connectivity index (χ0v) is 13.4. The molecule has 1 aliphatic heterocycles. The summed E-state index contributed by atoms with van der Waals surface area (Å²) >= 11 is 11.6. The lowest BCUT2D eigenvalue weighted by molar-refractivity contribution is -0.146. The maximum Gasteiger partial charge on any atom is 0.355 e. The third-order valence-corrected chi connectivity index (χ3v) is 3.34. The van der Waals surface area contributed by atoms with E-state index in [1.165, 1.54) is 19.2 Å². The number of rotatable bonds is 4. The molecule has 2 amide bonds. The van der Waals surface area contributed by atoms with E-state index >= 15 is 0 Å². The lowest BCUT2D eigenvalue weighted by Gasteiger charge is -2.16. The van der Waals surface area contributed by atoms with E-state index in [2.05, 4.69) is 20.8 Å². The number of ether oxygens (including phenoxy) is 1. The van der Waals surface area contributed by atoms with Gasteiger partial charge in [-0.3, -0.25) is 9.59 Å². The molecule has 0 radical (unpaired) electrons. The molecule has 8 nitrogen and oxygen atoms in total. The van der Waals surface area contributed by atoms with E-state index in [0.29, 0.717) is 5.02 Å². The predicted octanol–water partition coefficient (Wildman–Crippen LogP) is 1.52. The van der Waals surface area contributed by atoms with E-state index in [1.54, 1.807) is 0 Å². The summed E-state index contributed by atoms with van der Waals surface area (Å²) in [7, 11) is 0. The van der Waals surface area contributed by atoms with E-state index in [9.17, 15) is 14.4 Å². The molecule has 23 heavy (non-hydrogen) atoms. The van der Waals surface area contributed by atoms with Crippen LogP contribution in [-0.2, 0) is 19.1 Å². The summed E-state index contributed by atoms with van der Waals surface area (Å²) in [4.78, 5) is 38.7. The van der Waals surface area contributed by atoms with Crippen molar-refractivity contribution in [3.63, 3.8) is 0 Å². The van der Waals surface area contributed by atoms with Gasteiger partial charge in [0.1, 0.15) is 5.71 Å². The molecular weight excluding hydrogens is 347 g/mol. The van der Waals surface area contributed by atoms with Gasteiger partial charge in [-0.15, -0.1) is 0 Å². The Bertz CT molecular complexity index is 693. The Morgan fingerprint density at radius 2 is 2.13 bits per heavy atom. The minimum absolute atomic E-state index is 0.0481. The maximum absolute atomic E-state index is 12.0. The molecular formula is C13H12Cl2N4O4. The summed E-state index contributed by atoms with van der Waals surface area (Å²) in [5.41, 5.74) is 2.22. The van der Waals surface area contributed by atoms with Gasteiger partial charge >= 0.3 is 5.97 Å². The van der Waals surface area contributed by atoms with Crippen LogP contribution in [0.2, 0.25) is 10.0 Å². The number of carbonyl (C=O) groups is 3. The van der Waals surface area contributed by atoms with Gasteiger partial charge in [0.2, 0.25) is 5.91 Å². The standard InChI is InChI=1S/C13H12Cl2N4O4/c1-6(23-13(22)9-2-3-10(20)19-18-9)12(21)17-11-8(15)4-7(14)5-16-11/h4-6H,2-3H2,1H3,(H,19,20)(H,16,17,21)/t6-/m0/s1. The fraction of sp³-hybridized carbons (Fsp3) is 0.308. The Morgan fingerprint density at radius 3 is 2.74 bits per heavy atom. The van der Waals surface area contributed by atoms with Crippen molar-refractivity contribution >= 4 is 52.5 Å². The highest BCUT2D eigenvalue weighted by molar-refractivity contribution is 6.37. The predicted molar refractivity (Wildman–Crippen MR) is 83.3 cm³/mol. The van der Waals surface area contributed by atoms with Crippen molar-refractivity contribution in [3.05, 3.63) is 22.3 Å². The van der Waals surface area contributed by atoms with Crippen LogP contribution in [0.5, 0.6) is 0 Å². The molecule has 2 heterocycles. The number of anilines is 1. The van der Waals surface area contributed by atoms with Crippen LogP contribution < -0.4 is 10.7 Å². The minimum atomic E-state index is -1.10. The van der Waals surface area contributed by atoms with Gasteiger partial charge in [-0.2, -0.15) is 5.10 Å². The number of halogens is 2. The number of nitrogens with one attached hydrogen (secondary N) is 2. The normalized spacial score (nSPS) is 15.3. The first-order chi connectivity index (χ1) is 10.9. The lowest BCUT2D eigenvalue weighted by atomic mass is 10.2. The smallest absolute Gasteiger partial charge is 0.355 e. The van der Waals surface area contributed by atoms with Gasteiger partial charge in [-0.05, 0) is 13.0 Å². The van der Waals surface area contributed by atoms with Gasteiger partial charge in [0.25, 0.3) is 5.91 Å². The van der Waals surface area contributed by atoms with Crippen LogP contribution in [0.25, 0.3) is 0 Å². The van der Waals surface area contributed by atoms with Crippen molar-refractivity contribution in [1.29, 1.82) is 0 Å². The summed E-state index contributed by atoms with van der Waals surface area (Å²) in [6, 6.07) is 1.42. The minimum Gasteiger partial charge on any atom is -0.448 e. The number of esters is 1. The molecule has 0 aromatic carbocycles. The number of amides is 2. The molecule has 0 fully saturated rings. The molecule has 0 unspecified atom stereocenters. The number of aromatic nitrogens is 1. The van der Waals surface area contributed by atoms with Gasteiger partial charge in [-0.1, -0.05) is 23.2 Å². The van der Waals surface area contributed by atoms with Crippen molar-refractivity contribution in [2.45, 2.75) is 25.9 Å². The monoisotopic (exact) mass is 358 g/mol. The van der Waals surface area contributed by atoms with Gasteiger partial charge in [0.05, 0.1) is 10.0 Å². The second-order valence-electron chi connectivity index (χ2n) is 4.61. The van der Waals surface area contributed by atoms with E-state index in [-0.39, 0.29) is 35.3 Å². The molecule has 1 atom stereocenters. The van der Waals surface area contributed by atoms with E-state index in [0.717, 1.165) is 0 Å². The molecule has 1 aliphatic rings. The first-order valence-electron chi connectivity index (χ1n) is 6.55. The number of pyridine rings is 1. The number of hydrazone groups is 1. The first kappa shape index (κ1) is 17.2. The molecule has 0 spiro atoms. The average molecular weight is 359 g/mol. The first-order valence-corrected chi connectivity index (χ1v) is 7.30. The van der Waals surface area contributed by atoms with Crippen molar-refractivity contribution in [3.8, 4) is 0 Å². The van der Waals surface area contributed by atoms with Crippen molar-refractivity contribution < 1.29 is 19.1 Å². The average Bonchev–Trinajstić information content (AvgIpc) is 2.50. The molecule has 2 rings (SSSR count). The second-order valence-corrected chi connectivity index (χ2v) is 5.46. The van der Waals surface area contributed by atoms with Crippen LogP contribution >= 0.6 is 23.2 Å². The molecule has 0 saturated heterocycles. The summed E-state index contributed by atoms with van der Waals surface area (Å²) in [5.74, 6) is -1.57. The summed E-state index contributed by atoms with van der Waals surface area (Å²) in [6.45, 7) is 1.39. The molecule has 2 N–H and O–H groups in total. The van der Waals surface area contributed by atoms with Gasteiger partial charge in [0.15, 0.2) is 11.9 Å². The Balaban J connectivity index is 1.94. The number of hydrogen-bond donors (Lipinski definition) is 2. The Labute approximate surface area is 141 Å². The summed E-state index contributed by atoms with van der Waals surface area (Å²) < 4.78 is 4.99. The quantitative estimate of drug-likeness (QED) is 0.793. The van der Waals surface area contributed by atoms with Crippen molar-refractivity contribution in [2.75, 3.05) is 5.32 Å². The molecule has 1 aromatic rings. The molecule has 122 valence electrons. The maximum atomic E-state index is 12.0. The highest BCUT2D eigenvalue weighted by Crippen LogP contribution is 2.22. The van der Waals surface area contributed by atoms with Crippen LogP contribution in [-0.4, -0.2) is 34.6 Å². The molecule has 0 bridgehead atoms. The highest BCUT2D eigenvalue weighted by atomic mass is 35.5. The Kier molecular flexibility index (Phi) is 5.51. The van der Waals surface area contributed by atoms with E-state index in [4.69, 9.17) is 27.9 Å². The fourth-order valence-corrected chi connectivity index (χ4v) is 2.06. The largest absolute Gasteiger partial charge is 0.448 e.